The smallest absolute Gasteiger partial charge is 0.218 e. The second-order valence-corrected chi connectivity index (χ2v) is 6.87. The van der Waals surface area contributed by atoms with Crippen molar-refractivity contribution in [2.45, 2.75) is 12.2 Å². The van der Waals surface area contributed by atoms with Gasteiger partial charge in [0.2, 0.25) is 10.0 Å². The SMILES string of the molecule is COCC1=CCN(S(=O)(=O)Cc2ccc(N)cc2)CC1. The molecular weight excluding hydrogens is 276 g/mol. The summed E-state index contributed by atoms with van der Waals surface area (Å²) < 4.78 is 31.3. The molecule has 20 heavy (non-hydrogen) atoms. The Bertz CT molecular complexity index is 579. The monoisotopic (exact) mass is 296 g/mol. The molecule has 5 nitrogen and oxygen atoms in total. The maximum atomic E-state index is 12.3. The molecule has 0 saturated carbocycles. The first kappa shape index (κ1) is 15.0. The third kappa shape index (κ3) is 3.82. The molecule has 6 heteroatoms. The van der Waals surface area contributed by atoms with E-state index in [1.807, 2.05) is 6.08 Å². The van der Waals surface area contributed by atoms with Crippen molar-refractivity contribution in [2.75, 3.05) is 32.5 Å². The molecule has 0 amide bonds. The third-order valence-corrected chi connectivity index (χ3v) is 5.13. The van der Waals surface area contributed by atoms with Gasteiger partial charge in [0.25, 0.3) is 0 Å². The summed E-state index contributed by atoms with van der Waals surface area (Å²) in [4.78, 5) is 0. The Labute approximate surface area is 120 Å². The Morgan fingerprint density at radius 2 is 2.00 bits per heavy atom. The number of rotatable bonds is 5. The van der Waals surface area contributed by atoms with Crippen LogP contribution in [-0.2, 0) is 20.5 Å². The minimum atomic E-state index is -3.28. The van der Waals surface area contributed by atoms with Crippen LogP contribution in [0.4, 0.5) is 5.69 Å². The van der Waals surface area contributed by atoms with Crippen molar-refractivity contribution >= 4 is 15.7 Å². The molecule has 1 aliphatic rings. The second-order valence-electron chi connectivity index (χ2n) is 4.90. The minimum absolute atomic E-state index is 0.0146. The van der Waals surface area contributed by atoms with Crippen LogP contribution in [0, 0.1) is 0 Å². The van der Waals surface area contributed by atoms with Gasteiger partial charge in [0.1, 0.15) is 0 Å². The quantitative estimate of drug-likeness (QED) is 0.658. The molecule has 0 aromatic heterocycles. The molecule has 0 unspecified atom stereocenters. The van der Waals surface area contributed by atoms with E-state index in [2.05, 4.69) is 0 Å². The van der Waals surface area contributed by atoms with Crippen molar-refractivity contribution < 1.29 is 13.2 Å². The van der Waals surface area contributed by atoms with Crippen LogP contribution < -0.4 is 5.73 Å². The fourth-order valence-corrected chi connectivity index (χ4v) is 3.64. The Morgan fingerprint density at radius 3 is 2.55 bits per heavy atom. The van der Waals surface area contributed by atoms with Crippen LogP contribution in [0.1, 0.15) is 12.0 Å². The van der Waals surface area contributed by atoms with Crippen LogP contribution >= 0.6 is 0 Å². The Balaban J connectivity index is 2.03. The van der Waals surface area contributed by atoms with E-state index < -0.39 is 10.0 Å². The highest BCUT2D eigenvalue weighted by molar-refractivity contribution is 7.88. The minimum Gasteiger partial charge on any atom is -0.399 e. The molecule has 0 aliphatic carbocycles. The average molecular weight is 296 g/mol. The highest BCUT2D eigenvalue weighted by Gasteiger charge is 2.24. The summed E-state index contributed by atoms with van der Waals surface area (Å²) in [5.41, 5.74) is 8.15. The van der Waals surface area contributed by atoms with Crippen LogP contribution in [0.3, 0.4) is 0 Å². The standard InChI is InChI=1S/C14H20N2O3S/c1-19-10-12-6-8-16(9-7-12)20(17,18)11-13-2-4-14(15)5-3-13/h2-6H,7-11,15H2,1H3. The largest absolute Gasteiger partial charge is 0.399 e. The van der Waals surface area contributed by atoms with Gasteiger partial charge in [0.15, 0.2) is 0 Å². The molecule has 1 heterocycles. The number of hydrogen-bond acceptors (Lipinski definition) is 4. The summed E-state index contributed by atoms with van der Waals surface area (Å²) in [5.74, 6) is 0.0146. The molecule has 0 spiro atoms. The van der Waals surface area contributed by atoms with E-state index in [1.165, 1.54) is 4.31 Å². The van der Waals surface area contributed by atoms with E-state index in [0.717, 1.165) is 17.6 Å². The van der Waals surface area contributed by atoms with Gasteiger partial charge in [-0.2, -0.15) is 4.31 Å². The van der Waals surface area contributed by atoms with Crippen LogP contribution in [0.5, 0.6) is 0 Å². The molecule has 1 aromatic rings. The predicted octanol–water partition coefficient (Wildman–Crippen LogP) is 1.38. The van der Waals surface area contributed by atoms with E-state index in [9.17, 15) is 8.42 Å². The van der Waals surface area contributed by atoms with Crippen molar-refractivity contribution in [1.29, 1.82) is 0 Å². The molecular formula is C14H20N2O3S. The number of sulfonamides is 1. The lowest BCUT2D eigenvalue weighted by Crippen LogP contribution is -2.36. The van der Waals surface area contributed by atoms with Crippen molar-refractivity contribution in [3.63, 3.8) is 0 Å². The van der Waals surface area contributed by atoms with Gasteiger partial charge in [-0.1, -0.05) is 18.2 Å². The van der Waals surface area contributed by atoms with E-state index in [4.69, 9.17) is 10.5 Å². The second kappa shape index (κ2) is 6.39. The number of nitrogens with zero attached hydrogens (tertiary/aromatic N) is 1. The zero-order valence-corrected chi connectivity index (χ0v) is 12.4. The lowest BCUT2D eigenvalue weighted by molar-refractivity contribution is 0.219. The molecule has 1 aromatic carbocycles. The summed E-state index contributed by atoms with van der Waals surface area (Å²) in [6, 6.07) is 6.95. The first-order valence-electron chi connectivity index (χ1n) is 6.50. The van der Waals surface area contributed by atoms with Crippen molar-refractivity contribution in [3.8, 4) is 0 Å². The topological polar surface area (TPSA) is 72.6 Å². The summed E-state index contributed by atoms with van der Waals surface area (Å²) in [6.07, 6.45) is 2.67. The fourth-order valence-electron chi connectivity index (χ4n) is 2.18. The number of methoxy groups -OCH3 is 1. The summed E-state index contributed by atoms with van der Waals surface area (Å²) in [5, 5.41) is 0. The number of hydrogen-bond donors (Lipinski definition) is 1. The highest BCUT2D eigenvalue weighted by atomic mass is 32.2. The summed E-state index contributed by atoms with van der Waals surface area (Å²) >= 11 is 0. The van der Waals surface area contributed by atoms with Crippen molar-refractivity contribution in [3.05, 3.63) is 41.5 Å². The van der Waals surface area contributed by atoms with Gasteiger partial charge in [-0.05, 0) is 29.7 Å². The number of anilines is 1. The molecule has 110 valence electrons. The van der Waals surface area contributed by atoms with E-state index in [0.29, 0.717) is 25.4 Å². The van der Waals surface area contributed by atoms with Gasteiger partial charge in [0.05, 0.1) is 12.4 Å². The van der Waals surface area contributed by atoms with Crippen LogP contribution in [0.15, 0.2) is 35.9 Å². The fraction of sp³-hybridized carbons (Fsp3) is 0.429. The van der Waals surface area contributed by atoms with Gasteiger partial charge in [0, 0.05) is 25.9 Å². The zero-order valence-electron chi connectivity index (χ0n) is 11.6. The van der Waals surface area contributed by atoms with Crippen LogP contribution in [0.2, 0.25) is 0 Å². The molecule has 0 fully saturated rings. The summed E-state index contributed by atoms with van der Waals surface area (Å²) in [7, 11) is -1.64. The molecule has 0 bridgehead atoms. The third-order valence-electron chi connectivity index (χ3n) is 3.32. The molecule has 0 radical (unpaired) electrons. The predicted molar refractivity (Wildman–Crippen MR) is 79.6 cm³/mol. The number of nitrogen functional groups attached to an aromatic ring is 1. The zero-order chi connectivity index (χ0) is 14.6. The van der Waals surface area contributed by atoms with Crippen molar-refractivity contribution in [2.24, 2.45) is 0 Å². The lowest BCUT2D eigenvalue weighted by atomic mass is 10.1. The van der Waals surface area contributed by atoms with Crippen LogP contribution in [0.25, 0.3) is 0 Å². The van der Waals surface area contributed by atoms with Gasteiger partial charge in [-0.25, -0.2) is 8.42 Å². The first-order chi connectivity index (χ1) is 9.51. The van der Waals surface area contributed by atoms with E-state index in [-0.39, 0.29) is 5.75 Å². The van der Waals surface area contributed by atoms with Gasteiger partial charge >= 0.3 is 0 Å². The normalized spacial score (nSPS) is 16.9. The average Bonchev–Trinajstić information content (AvgIpc) is 2.42. The van der Waals surface area contributed by atoms with Crippen molar-refractivity contribution in [1.82, 2.24) is 4.31 Å². The van der Waals surface area contributed by atoms with Crippen LogP contribution in [-0.4, -0.2) is 39.5 Å². The molecule has 2 N–H and O–H groups in total. The van der Waals surface area contributed by atoms with E-state index in [1.54, 1.807) is 31.4 Å². The Kier molecular flexibility index (Phi) is 4.80. The molecule has 2 rings (SSSR count). The maximum absolute atomic E-state index is 12.3. The lowest BCUT2D eigenvalue weighted by Gasteiger charge is -2.25. The Hall–Kier alpha value is -1.37. The molecule has 0 saturated heterocycles. The number of nitrogens with two attached hydrogens (primary N) is 1. The number of ether oxygens (including phenoxy) is 1. The first-order valence-corrected chi connectivity index (χ1v) is 8.11. The van der Waals surface area contributed by atoms with E-state index >= 15 is 0 Å². The Morgan fingerprint density at radius 1 is 1.30 bits per heavy atom. The van der Waals surface area contributed by atoms with Gasteiger partial charge in [-0.3, -0.25) is 0 Å². The maximum Gasteiger partial charge on any atom is 0.218 e. The summed E-state index contributed by atoms with van der Waals surface area (Å²) in [6.45, 7) is 1.52. The molecule has 1 aliphatic heterocycles. The van der Waals surface area contributed by atoms with Gasteiger partial charge in [-0.15, -0.1) is 0 Å². The van der Waals surface area contributed by atoms with Gasteiger partial charge < -0.3 is 10.5 Å². The number of benzene rings is 1. The highest BCUT2D eigenvalue weighted by Crippen LogP contribution is 2.18. The molecule has 0 atom stereocenters.